The molecule has 0 saturated heterocycles. The molecule has 1 aromatic carbocycles. The summed E-state index contributed by atoms with van der Waals surface area (Å²) in [7, 11) is 0. The van der Waals surface area contributed by atoms with Gasteiger partial charge < -0.3 is 20.5 Å². The monoisotopic (exact) mass is 531 g/mol. The number of nitrogens with zero attached hydrogens (tertiary/aromatic N) is 1. The van der Waals surface area contributed by atoms with Gasteiger partial charge in [-0.2, -0.15) is 0 Å². The molecule has 1 fully saturated rings. The summed E-state index contributed by atoms with van der Waals surface area (Å²) in [6, 6.07) is 6.26. The van der Waals surface area contributed by atoms with Gasteiger partial charge in [-0.15, -0.1) is 0 Å². The summed E-state index contributed by atoms with van der Waals surface area (Å²) in [5, 5.41) is 15.4. The van der Waals surface area contributed by atoms with Gasteiger partial charge in [0.25, 0.3) is 5.91 Å². The van der Waals surface area contributed by atoms with Crippen molar-refractivity contribution in [3.8, 4) is 0 Å². The van der Waals surface area contributed by atoms with Crippen LogP contribution in [0.15, 0.2) is 48.4 Å². The van der Waals surface area contributed by atoms with Gasteiger partial charge in [0, 0.05) is 36.3 Å². The van der Waals surface area contributed by atoms with Gasteiger partial charge in [0.15, 0.2) is 5.78 Å². The Labute approximate surface area is 219 Å². The number of aliphatic hydroxyl groups excluding tert-OH is 1. The molecule has 3 N–H and O–H groups in total. The predicted octanol–water partition coefficient (Wildman–Crippen LogP) is 4.09. The van der Waals surface area contributed by atoms with E-state index in [1.807, 2.05) is 0 Å². The van der Waals surface area contributed by atoms with Crippen molar-refractivity contribution >= 4 is 46.5 Å². The van der Waals surface area contributed by atoms with Crippen LogP contribution >= 0.6 is 23.2 Å². The Morgan fingerprint density at radius 3 is 2.36 bits per heavy atom. The number of anilines is 1. The fraction of sp³-hybridized carbons (Fsp3) is 0.385. The molecule has 2 aliphatic carbocycles. The second-order valence-electron chi connectivity index (χ2n) is 8.99. The van der Waals surface area contributed by atoms with Crippen molar-refractivity contribution < 1.29 is 24.2 Å². The van der Waals surface area contributed by atoms with E-state index in [-0.39, 0.29) is 34.6 Å². The topological polar surface area (TPSA) is 118 Å². The molecular formula is C26H27Cl2N3O5. The van der Waals surface area contributed by atoms with Crippen LogP contribution < -0.4 is 10.6 Å². The van der Waals surface area contributed by atoms with Crippen molar-refractivity contribution in [1.82, 2.24) is 10.3 Å². The lowest BCUT2D eigenvalue weighted by atomic mass is 9.62. The van der Waals surface area contributed by atoms with Crippen LogP contribution in [0.1, 0.15) is 48.0 Å². The van der Waals surface area contributed by atoms with Gasteiger partial charge in [-0.25, -0.2) is 4.79 Å². The minimum absolute atomic E-state index is 0.106. The quantitative estimate of drug-likeness (QED) is 0.417. The second-order valence-corrected chi connectivity index (χ2v) is 9.80. The Morgan fingerprint density at radius 2 is 1.75 bits per heavy atom. The first kappa shape index (κ1) is 26.1. The number of aliphatic hydroxyl groups is 1. The van der Waals surface area contributed by atoms with Crippen LogP contribution in [-0.2, 0) is 20.7 Å². The molecule has 1 saturated carbocycles. The first-order valence-electron chi connectivity index (χ1n) is 11.8. The van der Waals surface area contributed by atoms with Gasteiger partial charge in [-0.3, -0.25) is 14.6 Å². The third-order valence-electron chi connectivity index (χ3n) is 6.65. The van der Waals surface area contributed by atoms with E-state index in [2.05, 4.69) is 15.6 Å². The number of halogens is 2. The standard InChI is InChI=1S/C26H27Cl2N3O5/c27-18-14-29-15-19(28)23(18)24(34)30-17-6-4-16(5-7-17)12-20(25(35)36-11-10-32)31-21-13-22(33)26(21)8-2-1-3-9-26/h4-7,13-15,20,31-32H,1-3,8-12H2,(H,30,34)/t20-/m0/s1. The average Bonchev–Trinajstić information content (AvgIpc) is 2.88. The van der Waals surface area contributed by atoms with E-state index in [1.54, 1.807) is 30.3 Å². The van der Waals surface area contributed by atoms with E-state index in [0.29, 0.717) is 12.1 Å². The maximum Gasteiger partial charge on any atom is 0.328 e. The summed E-state index contributed by atoms with van der Waals surface area (Å²) < 4.78 is 5.19. The predicted molar refractivity (Wildman–Crippen MR) is 136 cm³/mol. The van der Waals surface area contributed by atoms with Crippen LogP contribution in [0.4, 0.5) is 5.69 Å². The Bertz CT molecular complexity index is 1160. The Kier molecular flexibility index (Phi) is 8.28. The number of pyridine rings is 1. The van der Waals surface area contributed by atoms with Crippen molar-refractivity contribution in [3.63, 3.8) is 0 Å². The number of hydrogen-bond donors (Lipinski definition) is 3. The summed E-state index contributed by atoms with van der Waals surface area (Å²) in [5.41, 5.74) is 1.74. The molecule has 1 atom stereocenters. The number of rotatable bonds is 9. The molecule has 0 radical (unpaired) electrons. The van der Waals surface area contributed by atoms with Gasteiger partial charge in [0.05, 0.1) is 27.6 Å². The maximum absolute atomic E-state index is 12.8. The molecule has 1 aromatic heterocycles. The zero-order valence-electron chi connectivity index (χ0n) is 19.6. The van der Waals surface area contributed by atoms with E-state index in [0.717, 1.165) is 43.4 Å². The highest BCUT2D eigenvalue weighted by Crippen LogP contribution is 2.48. The summed E-state index contributed by atoms with van der Waals surface area (Å²) in [6.45, 7) is -0.380. The Hall–Kier alpha value is -2.94. The highest BCUT2D eigenvalue weighted by molar-refractivity contribution is 6.40. The summed E-state index contributed by atoms with van der Waals surface area (Å²) >= 11 is 12.1. The molecule has 1 amide bonds. The number of nitrogens with one attached hydrogen (secondary N) is 2. The molecule has 2 aromatic rings. The number of ketones is 1. The fourth-order valence-corrected chi connectivity index (χ4v) is 5.26. The normalized spacial score (nSPS) is 17.1. The number of carbonyl (C=O) groups is 3. The number of esters is 1. The third-order valence-corrected chi connectivity index (χ3v) is 7.22. The van der Waals surface area contributed by atoms with Gasteiger partial charge >= 0.3 is 5.97 Å². The molecule has 4 rings (SSSR count). The van der Waals surface area contributed by atoms with Crippen molar-refractivity contribution in [2.24, 2.45) is 5.41 Å². The average molecular weight is 532 g/mol. The molecule has 1 heterocycles. The molecule has 10 heteroatoms. The Morgan fingerprint density at radius 1 is 1.08 bits per heavy atom. The van der Waals surface area contributed by atoms with Crippen LogP contribution in [0.25, 0.3) is 0 Å². The zero-order chi connectivity index (χ0) is 25.7. The Balaban J connectivity index is 1.45. The van der Waals surface area contributed by atoms with Gasteiger partial charge in [-0.05, 0) is 30.5 Å². The highest BCUT2D eigenvalue weighted by atomic mass is 35.5. The maximum atomic E-state index is 12.8. The molecular weight excluding hydrogens is 505 g/mol. The van der Waals surface area contributed by atoms with E-state index in [4.69, 9.17) is 33.0 Å². The third kappa shape index (κ3) is 5.56. The first-order valence-corrected chi connectivity index (χ1v) is 12.6. The minimum Gasteiger partial charge on any atom is -0.462 e. The highest BCUT2D eigenvalue weighted by Gasteiger charge is 2.49. The lowest BCUT2D eigenvalue weighted by Gasteiger charge is -2.44. The van der Waals surface area contributed by atoms with Crippen LogP contribution in [0.5, 0.6) is 0 Å². The van der Waals surface area contributed by atoms with E-state index in [1.165, 1.54) is 12.4 Å². The first-order chi connectivity index (χ1) is 17.3. The summed E-state index contributed by atoms with van der Waals surface area (Å²) in [4.78, 5) is 41.7. The number of benzene rings is 1. The van der Waals surface area contributed by atoms with Crippen LogP contribution in [0.2, 0.25) is 10.0 Å². The smallest absolute Gasteiger partial charge is 0.328 e. The minimum atomic E-state index is -0.732. The van der Waals surface area contributed by atoms with Crippen molar-refractivity contribution in [2.75, 3.05) is 18.5 Å². The van der Waals surface area contributed by atoms with Crippen LogP contribution in [0.3, 0.4) is 0 Å². The van der Waals surface area contributed by atoms with Gasteiger partial charge in [-0.1, -0.05) is 54.6 Å². The summed E-state index contributed by atoms with van der Waals surface area (Å²) in [5.74, 6) is -0.858. The largest absolute Gasteiger partial charge is 0.462 e. The number of allylic oxidation sites excluding steroid dienone is 2. The molecule has 2 aliphatic rings. The van der Waals surface area contributed by atoms with Gasteiger partial charge in [0.2, 0.25) is 0 Å². The summed E-state index contributed by atoms with van der Waals surface area (Å²) in [6.07, 6.45) is 9.18. The zero-order valence-corrected chi connectivity index (χ0v) is 21.1. The molecule has 36 heavy (non-hydrogen) atoms. The lowest BCUT2D eigenvalue weighted by molar-refractivity contribution is -0.147. The van der Waals surface area contributed by atoms with E-state index >= 15 is 0 Å². The number of aromatic nitrogens is 1. The van der Waals surface area contributed by atoms with Crippen molar-refractivity contribution in [1.29, 1.82) is 0 Å². The molecule has 0 aliphatic heterocycles. The number of amides is 1. The fourth-order valence-electron chi connectivity index (χ4n) is 4.72. The number of hydrogen-bond acceptors (Lipinski definition) is 7. The molecule has 1 spiro atoms. The molecule has 0 unspecified atom stereocenters. The SMILES string of the molecule is O=C(Nc1ccc(C[C@H](NC2=CC(=O)C23CCCCC3)C(=O)OCCO)cc1)c1c(Cl)cncc1Cl. The molecule has 8 nitrogen and oxygen atoms in total. The lowest BCUT2D eigenvalue weighted by Crippen LogP contribution is -2.52. The number of carbonyl (C=O) groups excluding carboxylic acids is 3. The second kappa shape index (κ2) is 11.4. The number of ether oxygens (including phenoxy) is 1. The van der Waals surface area contributed by atoms with Crippen LogP contribution in [-0.4, -0.2) is 47.0 Å². The van der Waals surface area contributed by atoms with Crippen molar-refractivity contribution in [2.45, 2.75) is 44.6 Å². The molecule has 190 valence electrons. The van der Waals surface area contributed by atoms with Crippen LogP contribution in [0, 0.1) is 5.41 Å². The van der Waals surface area contributed by atoms with Crippen molar-refractivity contribution in [3.05, 3.63) is 69.6 Å². The van der Waals surface area contributed by atoms with Gasteiger partial charge in [0.1, 0.15) is 12.6 Å². The van der Waals surface area contributed by atoms with E-state index < -0.39 is 23.3 Å². The van der Waals surface area contributed by atoms with E-state index in [9.17, 15) is 14.4 Å². The molecule has 0 bridgehead atoms.